The summed E-state index contributed by atoms with van der Waals surface area (Å²) in [5.41, 5.74) is 2.28. The van der Waals surface area contributed by atoms with E-state index in [1.54, 1.807) is 44.6 Å². The molecule has 0 bridgehead atoms. The number of carbonyl (C=O) groups excluding carboxylic acids is 1. The van der Waals surface area contributed by atoms with Gasteiger partial charge in [0.1, 0.15) is 11.5 Å². The van der Waals surface area contributed by atoms with E-state index < -0.39 is 0 Å². The monoisotopic (exact) mass is 365 g/mol. The van der Waals surface area contributed by atoms with E-state index in [9.17, 15) is 4.79 Å². The van der Waals surface area contributed by atoms with Gasteiger partial charge in [-0.05, 0) is 36.4 Å². The standard InChI is InChI=1S/C19H15N3O3S/c1-24-14-6-7-17(25-2)15(9-14)16-11-26-19(21-16)22-18(23)13-5-3-4-12(8-13)10-20/h3-9,11H,1-2H3,(H,21,22,23). The molecule has 1 N–H and O–H groups in total. The van der Waals surface area contributed by atoms with Crippen molar-refractivity contribution in [3.05, 3.63) is 59.0 Å². The van der Waals surface area contributed by atoms with Gasteiger partial charge in [-0.1, -0.05) is 6.07 Å². The van der Waals surface area contributed by atoms with Crippen LogP contribution < -0.4 is 14.8 Å². The molecule has 6 nitrogen and oxygen atoms in total. The summed E-state index contributed by atoms with van der Waals surface area (Å²) in [5.74, 6) is 1.03. The Hall–Kier alpha value is -3.37. The Morgan fingerprint density at radius 3 is 2.77 bits per heavy atom. The summed E-state index contributed by atoms with van der Waals surface area (Å²) in [6, 6.07) is 14.0. The average Bonchev–Trinajstić information content (AvgIpc) is 3.15. The lowest BCUT2D eigenvalue weighted by molar-refractivity contribution is 0.102. The van der Waals surface area contributed by atoms with Gasteiger partial charge < -0.3 is 9.47 Å². The Labute approximate surface area is 154 Å². The van der Waals surface area contributed by atoms with Crippen LogP contribution in [-0.4, -0.2) is 25.1 Å². The predicted molar refractivity (Wildman–Crippen MR) is 99.8 cm³/mol. The molecule has 0 aliphatic rings. The molecule has 7 heteroatoms. The van der Waals surface area contributed by atoms with E-state index in [1.807, 2.05) is 17.5 Å². The molecule has 0 radical (unpaired) electrons. The number of thiazole rings is 1. The van der Waals surface area contributed by atoms with Crippen molar-refractivity contribution in [2.75, 3.05) is 19.5 Å². The van der Waals surface area contributed by atoms with Gasteiger partial charge >= 0.3 is 0 Å². The lowest BCUT2D eigenvalue weighted by atomic mass is 10.1. The van der Waals surface area contributed by atoms with Crippen molar-refractivity contribution >= 4 is 22.4 Å². The van der Waals surface area contributed by atoms with Crippen molar-refractivity contribution in [1.82, 2.24) is 4.98 Å². The van der Waals surface area contributed by atoms with E-state index in [4.69, 9.17) is 14.7 Å². The van der Waals surface area contributed by atoms with Gasteiger partial charge in [-0.15, -0.1) is 11.3 Å². The van der Waals surface area contributed by atoms with Crippen LogP contribution in [0.5, 0.6) is 11.5 Å². The third-order valence-electron chi connectivity index (χ3n) is 3.66. The lowest BCUT2D eigenvalue weighted by Gasteiger charge is -2.08. The maximum atomic E-state index is 12.4. The molecule has 0 fully saturated rings. The fourth-order valence-corrected chi connectivity index (χ4v) is 3.07. The first kappa shape index (κ1) is 17.5. The Balaban J connectivity index is 1.84. The van der Waals surface area contributed by atoms with Gasteiger partial charge in [0.05, 0.1) is 31.5 Å². The summed E-state index contributed by atoms with van der Waals surface area (Å²) in [5, 5.41) is 14.0. The zero-order valence-corrected chi connectivity index (χ0v) is 15.0. The van der Waals surface area contributed by atoms with Gasteiger partial charge in [0.2, 0.25) is 0 Å². The number of ether oxygens (including phenoxy) is 2. The molecule has 0 aliphatic heterocycles. The number of rotatable bonds is 5. The Bertz CT molecular complexity index is 992. The SMILES string of the molecule is COc1ccc(OC)c(-c2csc(NC(=O)c3cccc(C#N)c3)n2)c1. The molecule has 0 atom stereocenters. The van der Waals surface area contributed by atoms with Crippen molar-refractivity contribution in [3.8, 4) is 28.8 Å². The van der Waals surface area contributed by atoms with Gasteiger partial charge in [-0.25, -0.2) is 4.98 Å². The number of hydrogen-bond donors (Lipinski definition) is 1. The summed E-state index contributed by atoms with van der Waals surface area (Å²) in [6.45, 7) is 0. The van der Waals surface area contributed by atoms with E-state index in [0.717, 1.165) is 5.56 Å². The zero-order valence-electron chi connectivity index (χ0n) is 14.1. The third kappa shape index (κ3) is 3.66. The van der Waals surface area contributed by atoms with E-state index in [1.165, 1.54) is 17.4 Å². The Kier molecular flexibility index (Phi) is 5.15. The second-order valence-corrected chi connectivity index (χ2v) is 6.11. The molecule has 130 valence electrons. The van der Waals surface area contributed by atoms with Crippen molar-refractivity contribution in [2.24, 2.45) is 0 Å². The molecule has 3 rings (SSSR count). The smallest absolute Gasteiger partial charge is 0.257 e. The fourth-order valence-electron chi connectivity index (χ4n) is 2.37. The molecule has 0 unspecified atom stereocenters. The molecular weight excluding hydrogens is 350 g/mol. The van der Waals surface area contributed by atoms with Crippen LogP contribution in [0.4, 0.5) is 5.13 Å². The highest BCUT2D eigenvalue weighted by molar-refractivity contribution is 7.14. The topological polar surface area (TPSA) is 84.2 Å². The largest absolute Gasteiger partial charge is 0.497 e. The number of methoxy groups -OCH3 is 2. The molecule has 0 saturated heterocycles. The third-order valence-corrected chi connectivity index (χ3v) is 4.42. The van der Waals surface area contributed by atoms with Gasteiger partial charge in [0, 0.05) is 16.5 Å². The highest BCUT2D eigenvalue weighted by Crippen LogP contribution is 2.35. The quantitative estimate of drug-likeness (QED) is 0.740. The number of nitrogens with one attached hydrogen (secondary N) is 1. The highest BCUT2D eigenvalue weighted by Gasteiger charge is 2.14. The molecule has 0 aliphatic carbocycles. The number of anilines is 1. The van der Waals surface area contributed by atoms with Crippen molar-refractivity contribution in [1.29, 1.82) is 5.26 Å². The van der Waals surface area contributed by atoms with Gasteiger partial charge in [0.15, 0.2) is 5.13 Å². The molecule has 1 amide bonds. The maximum absolute atomic E-state index is 12.4. The molecular formula is C19H15N3O3S. The summed E-state index contributed by atoms with van der Waals surface area (Å²) in [7, 11) is 3.18. The van der Waals surface area contributed by atoms with E-state index in [2.05, 4.69) is 10.3 Å². The second kappa shape index (κ2) is 7.68. The number of amides is 1. The van der Waals surface area contributed by atoms with E-state index >= 15 is 0 Å². The first-order valence-electron chi connectivity index (χ1n) is 7.64. The molecule has 2 aromatic carbocycles. The van der Waals surface area contributed by atoms with E-state index in [-0.39, 0.29) is 5.91 Å². The van der Waals surface area contributed by atoms with Crippen LogP contribution in [0, 0.1) is 11.3 Å². The van der Waals surface area contributed by atoms with Gasteiger partial charge in [0.25, 0.3) is 5.91 Å². The number of hydrogen-bond acceptors (Lipinski definition) is 6. The molecule has 0 spiro atoms. The van der Waals surface area contributed by atoms with Crippen LogP contribution in [0.3, 0.4) is 0 Å². The van der Waals surface area contributed by atoms with Crippen LogP contribution in [0.1, 0.15) is 15.9 Å². The summed E-state index contributed by atoms with van der Waals surface area (Å²) in [4.78, 5) is 16.8. The number of benzene rings is 2. The fraction of sp³-hybridized carbons (Fsp3) is 0.105. The van der Waals surface area contributed by atoms with E-state index in [0.29, 0.717) is 33.5 Å². The summed E-state index contributed by atoms with van der Waals surface area (Å²) in [6.07, 6.45) is 0. The minimum Gasteiger partial charge on any atom is -0.497 e. The molecule has 26 heavy (non-hydrogen) atoms. The Morgan fingerprint density at radius 1 is 1.19 bits per heavy atom. The highest BCUT2D eigenvalue weighted by atomic mass is 32.1. The van der Waals surface area contributed by atoms with Gasteiger partial charge in [-0.2, -0.15) is 5.26 Å². The molecule has 3 aromatic rings. The minimum atomic E-state index is -0.319. The summed E-state index contributed by atoms with van der Waals surface area (Å²) >= 11 is 1.31. The van der Waals surface area contributed by atoms with Crippen LogP contribution in [0.25, 0.3) is 11.3 Å². The van der Waals surface area contributed by atoms with Gasteiger partial charge in [-0.3, -0.25) is 10.1 Å². The second-order valence-electron chi connectivity index (χ2n) is 5.25. The number of aromatic nitrogens is 1. The Morgan fingerprint density at radius 2 is 2.04 bits per heavy atom. The first-order chi connectivity index (χ1) is 12.6. The first-order valence-corrected chi connectivity index (χ1v) is 8.52. The molecule has 1 heterocycles. The predicted octanol–water partition coefficient (Wildman–Crippen LogP) is 3.95. The van der Waals surface area contributed by atoms with Crippen molar-refractivity contribution < 1.29 is 14.3 Å². The molecule has 1 aromatic heterocycles. The minimum absolute atomic E-state index is 0.319. The van der Waals surface area contributed by atoms with Crippen LogP contribution in [-0.2, 0) is 0 Å². The van der Waals surface area contributed by atoms with Crippen molar-refractivity contribution in [3.63, 3.8) is 0 Å². The van der Waals surface area contributed by atoms with Crippen LogP contribution in [0.15, 0.2) is 47.8 Å². The lowest BCUT2D eigenvalue weighted by Crippen LogP contribution is -2.11. The summed E-state index contributed by atoms with van der Waals surface area (Å²) < 4.78 is 10.6. The number of carbonyl (C=O) groups is 1. The molecule has 0 saturated carbocycles. The maximum Gasteiger partial charge on any atom is 0.257 e. The number of nitrogens with zero attached hydrogens (tertiary/aromatic N) is 2. The normalized spacial score (nSPS) is 10.0. The number of nitriles is 1. The van der Waals surface area contributed by atoms with Crippen LogP contribution in [0.2, 0.25) is 0 Å². The van der Waals surface area contributed by atoms with Crippen molar-refractivity contribution in [2.45, 2.75) is 0 Å². The van der Waals surface area contributed by atoms with Crippen LogP contribution >= 0.6 is 11.3 Å². The average molecular weight is 365 g/mol. The zero-order chi connectivity index (χ0) is 18.5.